The van der Waals surface area contributed by atoms with Crippen LogP contribution in [0.25, 0.3) is 0 Å². The zero-order valence-electron chi connectivity index (χ0n) is 13.9. The number of alkyl carbamates (subject to hydrolysis) is 1. The monoisotopic (exact) mass is 306 g/mol. The number of amides is 1. The Morgan fingerprint density at radius 2 is 2.09 bits per heavy atom. The second-order valence-corrected chi connectivity index (χ2v) is 6.69. The molecule has 1 atom stereocenters. The van der Waals surface area contributed by atoms with Gasteiger partial charge < -0.3 is 15.0 Å². The standard InChI is InChI=1S/C16H26N4O2/c1-12-14(18-9-8-17-12)20-10-6-5-7-13(20)11-19-15(21)22-16(2,3)4/h8-9,13H,5-7,10-11H2,1-4H3,(H,19,21)/t13-/m1/s1. The van der Waals surface area contributed by atoms with Gasteiger partial charge in [-0.1, -0.05) is 0 Å². The van der Waals surface area contributed by atoms with Crippen molar-refractivity contribution in [3.63, 3.8) is 0 Å². The third-order valence-electron chi connectivity index (χ3n) is 3.64. The third kappa shape index (κ3) is 4.58. The van der Waals surface area contributed by atoms with E-state index < -0.39 is 5.60 Å². The van der Waals surface area contributed by atoms with E-state index in [0.29, 0.717) is 6.54 Å². The Labute approximate surface area is 132 Å². The van der Waals surface area contributed by atoms with E-state index >= 15 is 0 Å². The second kappa shape index (κ2) is 6.94. The number of aromatic nitrogens is 2. The van der Waals surface area contributed by atoms with Crippen molar-refractivity contribution in [3.05, 3.63) is 18.1 Å². The lowest BCUT2D eigenvalue weighted by Gasteiger charge is -2.37. The van der Waals surface area contributed by atoms with Crippen molar-refractivity contribution in [2.24, 2.45) is 0 Å². The minimum absolute atomic E-state index is 0.233. The fourth-order valence-corrected chi connectivity index (χ4v) is 2.69. The number of nitrogens with zero attached hydrogens (tertiary/aromatic N) is 3. The van der Waals surface area contributed by atoms with Gasteiger partial charge in [0.1, 0.15) is 11.4 Å². The van der Waals surface area contributed by atoms with Crippen LogP contribution in [0.4, 0.5) is 10.6 Å². The Bertz CT molecular complexity index is 513. The van der Waals surface area contributed by atoms with E-state index in [1.807, 2.05) is 27.7 Å². The molecule has 1 aromatic rings. The van der Waals surface area contributed by atoms with Crippen LogP contribution in [0, 0.1) is 6.92 Å². The summed E-state index contributed by atoms with van der Waals surface area (Å²) in [6.45, 7) is 9.06. The zero-order valence-corrected chi connectivity index (χ0v) is 13.9. The highest BCUT2D eigenvalue weighted by Gasteiger charge is 2.26. The molecule has 1 aliphatic heterocycles. The van der Waals surface area contributed by atoms with Crippen LogP contribution < -0.4 is 10.2 Å². The Morgan fingerprint density at radius 3 is 2.77 bits per heavy atom. The van der Waals surface area contributed by atoms with Crippen LogP contribution in [-0.4, -0.2) is 40.8 Å². The van der Waals surface area contributed by atoms with Crippen LogP contribution in [0.2, 0.25) is 0 Å². The molecule has 0 aliphatic carbocycles. The van der Waals surface area contributed by atoms with E-state index in [2.05, 4.69) is 20.2 Å². The van der Waals surface area contributed by atoms with Crippen molar-refractivity contribution in [3.8, 4) is 0 Å². The van der Waals surface area contributed by atoms with Crippen LogP contribution >= 0.6 is 0 Å². The third-order valence-corrected chi connectivity index (χ3v) is 3.64. The smallest absolute Gasteiger partial charge is 0.407 e. The van der Waals surface area contributed by atoms with Gasteiger partial charge in [-0.3, -0.25) is 4.98 Å². The first-order chi connectivity index (χ1) is 10.4. The molecule has 0 radical (unpaired) electrons. The highest BCUT2D eigenvalue weighted by molar-refractivity contribution is 5.67. The molecule has 0 aromatic carbocycles. The van der Waals surface area contributed by atoms with Gasteiger partial charge in [0, 0.05) is 31.5 Å². The normalized spacial score (nSPS) is 18.9. The topological polar surface area (TPSA) is 67.4 Å². The summed E-state index contributed by atoms with van der Waals surface area (Å²) in [5.41, 5.74) is 0.448. The van der Waals surface area contributed by atoms with Crippen LogP contribution in [0.15, 0.2) is 12.4 Å². The van der Waals surface area contributed by atoms with Crippen molar-refractivity contribution in [2.45, 2.75) is 58.6 Å². The Hall–Kier alpha value is -1.85. The summed E-state index contributed by atoms with van der Waals surface area (Å²) >= 11 is 0. The number of hydrogen-bond donors (Lipinski definition) is 1. The number of aryl methyl sites for hydroxylation is 1. The lowest BCUT2D eigenvalue weighted by Crippen LogP contribution is -2.48. The summed E-state index contributed by atoms with van der Waals surface area (Å²) in [7, 11) is 0. The van der Waals surface area contributed by atoms with Crippen LogP contribution in [0.1, 0.15) is 45.7 Å². The first-order valence-electron chi connectivity index (χ1n) is 7.88. The van der Waals surface area contributed by atoms with Crippen molar-refractivity contribution in [2.75, 3.05) is 18.0 Å². The van der Waals surface area contributed by atoms with E-state index in [9.17, 15) is 4.79 Å². The molecule has 1 aliphatic rings. The van der Waals surface area contributed by atoms with Gasteiger partial charge in [-0.25, -0.2) is 9.78 Å². The maximum atomic E-state index is 11.8. The fourth-order valence-electron chi connectivity index (χ4n) is 2.69. The van der Waals surface area contributed by atoms with Gasteiger partial charge in [0.25, 0.3) is 0 Å². The maximum Gasteiger partial charge on any atom is 0.407 e. The highest BCUT2D eigenvalue weighted by atomic mass is 16.6. The van der Waals surface area contributed by atoms with Crippen LogP contribution in [0.5, 0.6) is 0 Å². The van der Waals surface area contributed by atoms with Crippen molar-refractivity contribution >= 4 is 11.9 Å². The molecule has 1 saturated heterocycles. The van der Waals surface area contributed by atoms with E-state index in [1.165, 1.54) is 0 Å². The number of hydrogen-bond acceptors (Lipinski definition) is 5. The Morgan fingerprint density at radius 1 is 1.36 bits per heavy atom. The molecule has 6 nitrogen and oxygen atoms in total. The Kier molecular flexibility index (Phi) is 5.21. The zero-order chi connectivity index (χ0) is 16.2. The summed E-state index contributed by atoms with van der Waals surface area (Å²) < 4.78 is 5.30. The van der Waals surface area contributed by atoms with E-state index in [0.717, 1.165) is 37.3 Å². The molecule has 1 N–H and O–H groups in total. The highest BCUT2D eigenvalue weighted by Crippen LogP contribution is 2.24. The van der Waals surface area contributed by atoms with Gasteiger partial charge in [-0.2, -0.15) is 0 Å². The quantitative estimate of drug-likeness (QED) is 0.930. The van der Waals surface area contributed by atoms with Crippen LogP contribution in [-0.2, 0) is 4.74 Å². The summed E-state index contributed by atoms with van der Waals surface area (Å²) in [5.74, 6) is 0.915. The predicted octanol–water partition coefficient (Wildman–Crippen LogP) is 2.67. The molecule has 2 heterocycles. The molecule has 1 amide bonds. The molecule has 6 heteroatoms. The molecule has 0 saturated carbocycles. The molecule has 0 bridgehead atoms. The number of piperidine rings is 1. The van der Waals surface area contributed by atoms with Gasteiger partial charge in [0.05, 0.1) is 5.69 Å². The molecular weight excluding hydrogens is 280 g/mol. The number of rotatable bonds is 3. The lowest BCUT2D eigenvalue weighted by molar-refractivity contribution is 0.0523. The molecule has 122 valence electrons. The van der Waals surface area contributed by atoms with E-state index in [1.54, 1.807) is 12.4 Å². The SMILES string of the molecule is Cc1nccnc1N1CCCC[C@@H]1CNC(=O)OC(C)(C)C. The predicted molar refractivity (Wildman–Crippen MR) is 86.0 cm³/mol. The summed E-state index contributed by atoms with van der Waals surface area (Å²) in [4.78, 5) is 22.9. The first-order valence-corrected chi connectivity index (χ1v) is 7.88. The average molecular weight is 306 g/mol. The minimum Gasteiger partial charge on any atom is -0.444 e. The molecule has 0 spiro atoms. The summed E-state index contributed by atoms with van der Waals surface area (Å²) in [6.07, 6.45) is 6.39. The average Bonchev–Trinajstić information content (AvgIpc) is 2.44. The second-order valence-electron chi connectivity index (χ2n) is 6.69. The number of anilines is 1. The number of ether oxygens (including phenoxy) is 1. The fraction of sp³-hybridized carbons (Fsp3) is 0.688. The van der Waals surface area contributed by atoms with Gasteiger partial charge in [0.15, 0.2) is 0 Å². The van der Waals surface area contributed by atoms with Gasteiger partial charge in [-0.05, 0) is 47.0 Å². The lowest BCUT2D eigenvalue weighted by atomic mass is 10.0. The molecule has 1 aromatic heterocycles. The number of carbonyl (C=O) groups excluding carboxylic acids is 1. The molecular formula is C16H26N4O2. The largest absolute Gasteiger partial charge is 0.444 e. The number of carbonyl (C=O) groups is 1. The molecule has 2 rings (SSSR count). The van der Waals surface area contributed by atoms with Gasteiger partial charge >= 0.3 is 6.09 Å². The summed E-state index contributed by atoms with van der Waals surface area (Å²) in [5, 5.41) is 2.88. The number of nitrogens with one attached hydrogen (secondary N) is 1. The van der Waals surface area contributed by atoms with Crippen molar-refractivity contribution < 1.29 is 9.53 Å². The molecule has 22 heavy (non-hydrogen) atoms. The van der Waals surface area contributed by atoms with Gasteiger partial charge in [-0.15, -0.1) is 0 Å². The minimum atomic E-state index is -0.474. The Balaban J connectivity index is 1.99. The first kappa shape index (κ1) is 16.5. The molecule has 0 unspecified atom stereocenters. The van der Waals surface area contributed by atoms with Gasteiger partial charge in [0.2, 0.25) is 0 Å². The molecule has 1 fully saturated rings. The maximum absolute atomic E-state index is 11.8. The van der Waals surface area contributed by atoms with Crippen LogP contribution in [0.3, 0.4) is 0 Å². The van der Waals surface area contributed by atoms with Crippen molar-refractivity contribution in [1.82, 2.24) is 15.3 Å². The van der Waals surface area contributed by atoms with E-state index in [4.69, 9.17) is 4.74 Å². The van der Waals surface area contributed by atoms with E-state index in [-0.39, 0.29) is 12.1 Å². The summed E-state index contributed by atoms with van der Waals surface area (Å²) in [6, 6.07) is 0.233. The van der Waals surface area contributed by atoms with Crippen molar-refractivity contribution in [1.29, 1.82) is 0 Å².